The third-order valence-electron chi connectivity index (χ3n) is 3.67. The summed E-state index contributed by atoms with van der Waals surface area (Å²) in [6, 6.07) is 2.18. The van der Waals surface area contributed by atoms with Crippen molar-refractivity contribution in [2.75, 3.05) is 0 Å². The van der Waals surface area contributed by atoms with E-state index in [0.717, 1.165) is 10.9 Å². The molecule has 2 atom stereocenters. The van der Waals surface area contributed by atoms with Gasteiger partial charge in [0.2, 0.25) is 0 Å². The molecule has 0 bridgehead atoms. The summed E-state index contributed by atoms with van der Waals surface area (Å²) in [6.45, 7) is 1.47. The molecular formula is C13H13F2N7O. The molecular weight excluding hydrogens is 308 g/mol. The van der Waals surface area contributed by atoms with Crippen LogP contribution >= 0.6 is 0 Å². The lowest BCUT2D eigenvalue weighted by atomic mass is 9.86. The first-order chi connectivity index (χ1) is 11.0. The fraction of sp³-hybridized carbons (Fsp3) is 0.308. The van der Waals surface area contributed by atoms with Gasteiger partial charge in [0, 0.05) is 11.6 Å². The van der Waals surface area contributed by atoms with E-state index in [2.05, 4.69) is 25.5 Å². The molecule has 2 aromatic heterocycles. The Balaban J connectivity index is 2.08. The summed E-state index contributed by atoms with van der Waals surface area (Å²) in [6.07, 6.45) is 3.88. The smallest absolute Gasteiger partial charge is 0.162 e. The van der Waals surface area contributed by atoms with Gasteiger partial charge in [0.25, 0.3) is 0 Å². The van der Waals surface area contributed by atoms with Crippen molar-refractivity contribution in [3.05, 3.63) is 54.4 Å². The maximum atomic E-state index is 14.3. The van der Waals surface area contributed by atoms with Gasteiger partial charge in [-0.1, -0.05) is 6.07 Å². The van der Waals surface area contributed by atoms with Gasteiger partial charge in [0.1, 0.15) is 35.9 Å². The van der Waals surface area contributed by atoms with Crippen molar-refractivity contribution in [3.63, 3.8) is 0 Å². The monoisotopic (exact) mass is 321 g/mol. The molecule has 0 aliphatic rings. The van der Waals surface area contributed by atoms with E-state index in [1.165, 1.54) is 29.7 Å². The standard InChI is InChI=1S/C13H13F2N7O/c1-9(22-19-7-17-20-22)13(23,5-21-8-16-6-18-21)11-3-2-10(14)4-12(11)15/h2-4,6-9,23H,5H2,1H3/t9-,13+/m1/s1. The second-order valence-corrected chi connectivity index (χ2v) is 5.07. The number of benzene rings is 1. The van der Waals surface area contributed by atoms with Gasteiger partial charge < -0.3 is 5.11 Å². The molecule has 0 saturated heterocycles. The fourth-order valence-corrected chi connectivity index (χ4v) is 2.39. The lowest BCUT2D eigenvalue weighted by molar-refractivity contribution is -0.0418. The molecule has 23 heavy (non-hydrogen) atoms. The molecule has 3 aromatic rings. The van der Waals surface area contributed by atoms with Crippen molar-refractivity contribution < 1.29 is 13.9 Å². The Bertz CT molecular complexity index is 778. The summed E-state index contributed by atoms with van der Waals surface area (Å²) in [7, 11) is 0. The number of nitrogens with zero attached hydrogens (tertiary/aromatic N) is 7. The van der Waals surface area contributed by atoms with Crippen LogP contribution in [0.2, 0.25) is 0 Å². The number of rotatable bonds is 5. The van der Waals surface area contributed by atoms with Gasteiger partial charge in [-0.25, -0.2) is 18.4 Å². The first kappa shape index (κ1) is 15.2. The van der Waals surface area contributed by atoms with Crippen LogP contribution in [0.5, 0.6) is 0 Å². The van der Waals surface area contributed by atoms with Crippen LogP contribution in [0.25, 0.3) is 0 Å². The van der Waals surface area contributed by atoms with Crippen molar-refractivity contribution in [1.82, 2.24) is 35.0 Å². The van der Waals surface area contributed by atoms with Crippen LogP contribution in [-0.4, -0.2) is 40.1 Å². The van der Waals surface area contributed by atoms with E-state index >= 15 is 0 Å². The first-order valence-corrected chi connectivity index (χ1v) is 6.73. The van der Waals surface area contributed by atoms with Gasteiger partial charge in [-0.2, -0.15) is 9.90 Å². The van der Waals surface area contributed by atoms with E-state index in [0.29, 0.717) is 6.07 Å². The second-order valence-electron chi connectivity index (χ2n) is 5.07. The molecule has 1 N–H and O–H groups in total. The number of hydrogen-bond acceptors (Lipinski definition) is 6. The van der Waals surface area contributed by atoms with Crippen LogP contribution in [-0.2, 0) is 12.1 Å². The van der Waals surface area contributed by atoms with Crippen LogP contribution in [0.15, 0.2) is 37.2 Å². The van der Waals surface area contributed by atoms with Crippen LogP contribution < -0.4 is 0 Å². The third kappa shape index (κ3) is 2.80. The highest BCUT2D eigenvalue weighted by atomic mass is 19.1. The molecule has 10 heteroatoms. The minimum Gasteiger partial charge on any atom is -0.381 e. The zero-order valence-corrected chi connectivity index (χ0v) is 12.1. The molecule has 0 amide bonds. The number of aromatic nitrogens is 7. The number of tetrazole rings is 1. The summed E-state index contributed by atoms with van der Waals surface area (Å²) >= 11 is 0. The molecule has 0 aliphatic carbocycles. The Hall–Kier alpha value is -2.75. The maximum absolute atomic E-state index is 14.3. The molecule has 0 spiro atoms. The zero-order chi connectivity index (χ0) is 16.4. The summed E-state index contributed by atoms with van der Waals surface area (Å²) in [5.41, 5.74) is -1.90. The van der Waals surface area contributed by atoms with Crippen LogP contribution in [0.3, 0.4) is 0 Å². The average molecular weight is 321 g/mol. The van der Waals surface area contributed by atoms with E-state index in [4.69, 9.17) is 0 Å². The van der Waals surface area contributed by atoms with E-state index in [1.807, 2.05) is 0 Å². The molecule has 0 saturated carbocycles. The summed E-state index contributed by atoms with van der Waals surface area (Å²) in [5.74, 6) is -1.61. The Morgan fingerprint density at radius 2 is 2.09 bits per heavy atom. The van der Waals surface area contributed by atoms with E-state index in [9.17, 15) is 13.9 Å². The molecule has 0 fully saturated rings. The molecule has 1 aromatic carbocycles. The quantitative estimate of drug-likeness (QED) is 0.743. The molecule has 120 valence electrons. The highest BCUT2D eigenvalue weighted by Crippen LogP contribution is 2.35. The Labute approximate surface area is 129 Å². The highest BCUT2D eigenvalue weighted by Gasteiger charge is 2.41. The number of halogens is 2. The highest BCUT2D eigenvalue weighted by molar-refractivity contribution is 5.26. The molecule has 3 rings (SSSR count). The number of aliphatic hydroxyl groups is 1. The van der Waals surface area contributed by atoms with Gasteiger partial charge in [0.05, 0.1) is 6.54 Å². The Morgan fingerprint density at radius 3 is 2.70 bits per heavy atom. The van der Waals surface area contributed by atoms with Crippen molar-refractivity contribution in [3.8, 4) is 0 Å². The van der Waals surface area contributed by atoms with Crippen LogP contribution in [0.1, 0.15) is 18.5 Å². The molecule has 0 unspecified atom stereocenters. The summed E-state index contributed by atoms with van der Waals surface area (Å²) in [5, 5.41) is 26.3. The second kappa shape index (κ2) is 5.80. The molecule has 8 nitrogen and oxygen atoms in total. The zero-order valence-electron chi connectivity index (χ0n) is 12.1. The molecule has 2 heterocycles. The maximum Gasteiger partial charge on any atom is 0.162 e. The predicted octanol–water partition coefficient (Wildman–Crippen LogP) is 0.692. The van der Waals surface area contributed by atoms with Crippen molar-refractivity contribution in [1.29, 1.82) is 0 Å². The van der Waals surface area contributed by atoms with Gasteiger partial charge in [-0.05, 0) is 18.2 Å². The van der Waals surface area contributed by atoms with Gasteiger partial charge in [-0.3, -0.25) is 0 Å². The minimum atomic E-state index is -1.80. The van der Waals surface area contributed by atoms with Crippen LogP contribution in [0.4, 0.5) is 8.78 Å². The Morgan fingerprint density at radius 1 is 1.26 bits per heavy atom. The SMILES string of the molecule is C[C@@H](n1ncnn1)[C@@](O)(Cn1cncn1)c1ccc(F)cc1F. The van der Waals surface area contributed by atoms with E-state index in [1.54, 1.807) is 6.92 Å². The van der Waals surface area contributed by atoms with Gasteiger partial charge >= 0.3 is 0 Å². The minimum absolute atomic E-state index is 0.0980. The molecule has 0 radical (unpaired) electrons. The largest absolute Gasteiger partial charge is 0.381 e. The lowest BCUT2D eigenvalue weighted by Crippen LogP contribution is -2.41. The third-order valence-corrected chi connectivity index (χ3v) is 3.67. The Kier molecular flexibility index (Phi) is 3.82. The van der Waals surface area contributed by atoms with Gasteiger partial charge in [-0.15, -0.1) is 10.2 Å². The first-order valence-electron chi connectivity index (χ1n) is 6.73. The predicted molar refractivity (Wildman–Crippen MR) is 72.8 cm³/mol. The molecule has 0 aliphatic heterocycles. The normalized spacial score (nSPS) is 15.3. The topological polar surface area (TPSA) is 94.5 Å². The van der Waals surface area contributed by atoms with Crippen LogP contribution in [0, 0.1) is 11.6 Å². The van der Waals surface area contributed by atoms with E-state index in [-0.39, 0.29) is 12.1 Å². The summed E-state index contributed by atoms with van der Waals surface area (Å²) in [4.78, 5) is 4.95. The lowest BCUT2D eigenvalue weighted by Gasteiger charge is -2.33. The van der Waals surface area contributed by atoms with Crippen molar-refractivity contribution in [2.24, 2.45) is 0 Å². The fourth-order valence-electron chi connectivity index (χ4n) is 2.39. The average Bonchev–Trinajstić information content (AvgIpc) is 3.19. The number of hydrogen-bond donors (Lipinski definition) is 1. The van der Waals surface area contributed by atoms with Crippen molar-refractivity contribution in [2.45, 2.75) is 25.1 Å². The van der Waals surface area contributed by atoms with Gasteiger partial charge in [0.15, 0.2) is 6.33 Å². The van der Waals surface area contributed by atoms with E-state index < -0.39 is 23.3 Å². The summed E-state index contributed by atoms with van der Waals surface area (Å²) < 4.78 is 28.8. The van der Waals surface area contributed by atoms with Crippen molar-refractivity contribution >= 4 is 0 Å².